The van der Waals surface area contributed by atoms with E-state index in [1.165, 1.54) is 11.7 Å². The van der Waals surface area contributed by atoms with Crippen LogP contribution in [-0.2, 0) is 0 Å². The maximum absolute atomic E-state index is 5.74. The van der Waals surface area contributed by atoms with Gasteiger partial charge in [-0.15, -0.1) is 11.8 Å². The number of hydrogen-bond donors (Lipinski definition) is 0. The lowest BCUT2D eigenvalue weighted by atomic mass is 10.3. The molecule has 0 spiro atoms. The molecule has 0 radical (unpaired) electrons. The molecular weight excluding hydrogens is 200 g/mol. The van der Waals surface area contributed by atoms with Gasteiger partial charge in [-0.25, -0.2) is 0 Å². The van der Waals surface area contributed by atoms with Crippen molar-refractivity contribution in [3.05, 3.63) is 5.15 Å². The average molecular weight is 209 g/mol. The normalized spacial score (nSPS) is 10.9. The molecule has 0 amide bonds. The zero-order chi connectivity index (χ0) is 8.27. The van der Waals surface area contributed by atoms with Crippen LogP contribution in [0.2, 0.25) is 5.15 Å². The van der Waals surface area contributed by atoms with E-state index in [0.717, 1.165) is 10.8 Å². The highest BCUT2D eigenvalue weighted by atomic mass is 35.5. The third-order valence-corrected chi connectivity index (χ3v) is 3.49. The molecule has 0 atom stereocenters. The molecule has 62 valence electrons. The minimum atomic E-state index is 0.542. The molecule has 0 bridgehead atoms. The minimum absolute atomic E-state index is 0.542. The van der Waals surface area contributed by atoms with Gasteiger partial charge in [-0.3, -0.25) is 0 Å². The molecule has 0 saturated carbocycles. The molecule has 0 aliphatic rings. The van der Waals surface area contributed by atoms with Gasteiger partial charge in [-0.05, 0) is 5.92 Å². The summed E-state index contributed by atoms with van der Waals surface area (Å²) in [7, 11) is 0. The third kappa shape index (κ3) is 2.97. The highest BCUT2D eigenvalue weighted by molar-refractivity contribution is 7.99. The molecule has 11 heavy (non-hydrogen) atoms. The summed E-state index contributed by atoms with van der Waals surface area (Å²) in [4.78, 5) is 0. The van der Waals surface area contributed by atoms with Crippen molar-refractivity contribution in [1.82, 2.24) is 8.75 Å². The predicted octanol–water partition coefficient (Wildman–Crippen LogP) is 2.94. The first kappa shape index (κ1) is 9.29. The first-order valence-electron chi connectivity index (χ1n) is 3.31. The molecule has 5 heteroatoms. The zero-order valence-electron chi connectivity index (χ0n) is 6.37. The molecule has 0 aliphatic heterocycles. The van der Waals surface area contributed by atoms with Crippen LogP contribution in [0.25, 0.3) is 0 Å². The summed E-state index contributed by atoms with van der Waals surface area (Å²) in [5.74, 6) is 1.71. The Kier molecular flexibility index (Phi) is 3.62. The summed E-state index contributed by atoms with van der Waals surface area (Å²) in [6.45, 7) is 4.33. The van der Waals surface area contributed by atoms with Gasteiger partial charge in [-0.2, -0.15) is 8.75 Å². The van der Waals surface area contributed by atoms with Crippen molar-refractivity contribution < 1.29 is 0 Å². The summed E-state index contributed by atoms with van der Waals surface area (Å²) in [5.41, 5.74) is 0. The van der Waals surface area contributed by atoms with E-state index in [9.17, 15) is 0 Å². The molecule has 1 rings (SSSR count). The van der Waals surface area contributed by atoms with Crippen LogP contribution in [0.1, 0.15) is 13.8 Å². The summed E-state index contributed by atoms with van der Waals surface area (Å²) in [5, 5.41) is 1.41. The Balaban J connectivity index is 2.44. The van der Waals surface area contributed by atoms with Gasteiger partial charge in [0.2, 0.25) is 0 Å². The van der Waals surface area contributed by atoms with Crippen molar-refractivity contribution in [2.45, 2.75) is 18.9 Å². The highest BCUT2D eigenvalue weighted by Crippen LogP contribution is 2.25. The van der Waals surface area contributed by atoms with E-state index in [4.69, 9.17) is 11.6 Å². The molecule has 0 fully saturated rings. The lowest BCUT2D eigenvalue weighted by molar-refractivity contribution is 0.750. The van der Waals surface area contributed by atoms with E-state index >= 15 is 0 Å². The smallest absolute Gasteiger partial charge is 0.165 e. The number of rotatable bonds is 3. The summed E-state index contributed by atoms with van der Waals surface area (Å²) in [6, 6.07) is 0. The Morgan fingerprint density at radius 1 is 1.55 bits per heavy atom. The number of aromatic nitrogens is 2. The van der Waals surface area contributed by atoms with Gasteiger partial charge >= 0.3 is 0 Å². The molecule has 0 N–H and O–H groups in total. The molecule has 0 unspecified atom stereocenters. The largest absolute Gasteiger partial charge is 0.176 e. The topological polar surface area (TPSA) is 25.8 Å². The molecule has 1 aromatic rings. The van der Waals surface area contributed by atoms with Crippen molar-refractivity contribution in [1.29, 1.82) is 0 Å². The van der Waals surface area contributed by atoms with Gasteiger partial charge in [0, 0.05) is 5.75 Å². The summed E-state index contributed by atoms with van der Waals surface area (Å²) < 4.78 is 7.92. The van der Waals surface area contributed by atoms with E-state index in [-0.39, 0.29) is 0 Å². The van der Waals surface area contributed by atoms with Crippen molar-refractivity contribution in [2.75, 3.05) is 5.75 Å². The van der Waals surface area contributed by atoms with Crippen molar-refractivity contribution in [3.63, 3.8) is 0 Å². The fourth-order valence-electron chi connectivity index (χ4n) is 0.502. The van der Waals surface area contributed by atoms with Crippen LogP contribution in [0.15, 0.2) is 5.03 Å². The quantitative estimate of drug-likeness (QED) is 0.715. The van der Waals surface area contributed by atoms with Crippen LogP contribution in [0.4, 0.5) is 0 Å². The van der Waals surface area contributed by atoms with Crippen molar-refractivity contribution in [3.8, 4) is 0 Å². The van der Waals surface area contributed by atoms with Gasteiger partial charge in [0.05, 0.1) is 11.7 Å². The maximum Gasteiger partial charge on any atom is 0.176 e. The SMILES string of the molecule is CC(C)CSc1nsnc1Cl. The average Bonchev–Trinajstić information content (AvgIpc) is 2.31. The maximum atomic E-state index is 5.74. The van der Waals surface area contributed by atoms with E-state index < -0.39 is 0 Å². The Bertz CT molecular complexity index is 224. The fraction of sp³-hybridized carbons (Fsp3) is 0.667. The molecule has 0 aromatic carbocycles. The minimum Gasteiger partial charge on any atom is -0.165 e. The highest BCUT2D eigenvalue weighted by Gasteiger charge is 2.05. The van der Waals surface area contributed by atoms with Crippen LogP contribution in [-0.4, -0.2) is 14.5 Å². The summed E-state index contributed by atoms with van der Waals surface area (Å²) >= 11 is 8.57. The standard InChI is InChI=1S/C6H9ClN2S2/c1-4(2)3-10-6-5(7)8-11-9-6/h4H,3H2,1-2H3. The Morgan fingerprint density at radius 3 is 2.73 bits per heavy atom. The Morgan fingerprint density at radius 2 is 2.27 bits per heavy atom. The molecule has 0 aliphatic carbocycles. The summed E-state index contributed by atoms with van der Waals surface area (Å²) in [6.07, 6.45) is 0. The first-order valence-corrected chi connectivity index (χ1v) is 5.40. The van der Waals surface area contributed by atoms with E-state index in [1.54, 1.807) is 11.8 Å². The Labute approximate surface area is 79.7 Å². The van der Waals surface area contributed by atoms with Crippen molar-refractivity contribution in [2.24, 2.45) is 5.92 Å². The zero-order valence-corrected chi connectivity index (χ0v) is 8.76. The van der Waals surface area contributed by atoms with Crippen LogP contribution in [0.3, 0.4) is 0 Å². The van der Waals surface area contributed by atoms with Crippen LogP contribution >= 0.6 is 35.1 Å². The Hall–Kier alpha value is 0.200. The van der Waals surface area contributed by atoms with E-state index in [2.05, 4.69) is 22.6 Å². The monoisotopic (exact) mass is 208 g/mol. The number of hydrogen-bond acceptors (Lipinski definition) is 4. The second kappa shape index (κ2) is 4.28. The van der Waals surface area contributed by atoms with Crippen molar-refractivity contribution >= 4 is 35.1 Å². The van der Waals surface area contributed by atoms with Crippen LogP contribution in [0.5, 0.6) is 0 Å². The van der Waals surface area contributed by atoms with Crippen LogP contribution < -0.4 is 0 Å². The van der Waals surface area contributed by atoms with Crippen LogP contribution in [0, 0.1) is 5.92 Å². The first-order chi connectivity index (χ1) is 5.20. The number of thioether (sulfide) groups is 1. The predicted molar refractivity (Wildman–Crippen MR) is 50.5 cm³/mol. The number of halogens is 1. The molecule has 0 saturated heterocycles. The molecule has 1 aromatic heterocycles. The van der Waals surface area contributed by atoms with E-state index in [0.29, 0.717) is 11.1 Å². The third-order valence-electron chi connectivity index (χ3n) is 0.975. The van der Waals surface area contributed by atoms with Gasteiger partial charge in [0.25, 0.3) is 0 Å². The van der Waals surface area contributed by atoms with Gasteiger partial charge in [0.1, 0.15) is 5.03 Å². The molecular formula is C6H9ClN2S2. The second-order valence-electron chi connectivity index (χ2n) is 2.57. The molecule has 2 nitrogen and oxygen atoms in total. The lowest BCUT2D eigenvalue weighted by Gasteiger charge is -1.99. The fourth-order valence-corrected chi connectivity index (χ4v) is 2.23. The van der Waals surface area contributed by atoms with Gasteiger partial charge in [-0.1, -0.05) is 25.4 Å². The van der Waals surface area contributed by atoms with Gasteiger partial charge in [0.15, 0.2) is 5.15 Å². The van der Waals surface area contributed by atoms with E-state index in [1.807, 2.05) is 0 Å². The number of nitrogens with zero attached hydrogens (tertiary/aromatic N) is 2. The molecule has 1 heterocycles. The second-order valence-corrected chi connectivity index (χ2v) is 4.46. The lowest BCUT2D eigenvalue weighted by Crippen LogP contribution is -1.89. The van der Waals surface area contributed by atoms with Gasteiger partial charge < -0.3 is 0 Å².